The van der Waals surface area contributed by atoms with E-state index in [1.807, 2.05) is 0 Å². The number of hydrogen-bond donors (Lipinski definition) is 6. The number of aliphatic hydroxyl groups is 2. The maximum Gasteiger partial charge on any atom is 0.397 e. The fraction of sp³-hybridized carbons (Fsp3) is 0.750. The average Bonchev–Trinajstić information content (AvgIpc) is 3.02. The summed E-state index contributed by atoms with van der Waals surface area (Å²) in [5.41, 5.74) is 0. The van der Waals surface area contributed by atoms with Gasteiger partial charge in [-0.05, 0) is 6.08 Å². The van der Waals surface area contributed by atoms with Gasteiger partial charge in [-0.15, -0.1) is 0 Å². The van der Waals surface area contributed by atoms with Crippen LogP contribution in [0.1, 0.15) is 0 Å². The van der Waals surface area contributed by atoms with Crippen molar-refractivity contribution in [3.63, 3.8) is 0 Å². The Balaban J connectivity index is 1.86. The van der Waals surface area contributed by atoms with Gasteiger partial charge in [0.2, 0.25) is 12.0 Å². The summed E-state index contributed by atoms with van der Waals surface area (Å²) in [4.78, 5) is 11.2. The van der Waals surface area contributed by atoms with Crippen LogP contribution in [-0.2, 0) is 48.6 Å². The summed E-state index contributed by atoms with van der Waals surface area (Å²) in [6.45, 7) is -0.239. The highest BCUT2D eigenvalue weighted by Crippen LogP contribution is 2.33. The van der Waals surface area contributed by atoms with Crippen molar-refractivity contribution in [3.05, 3.63) is 11.8 Å². The third kappa shape index (κ3) is 5.23. The summed E-state index contributed by atoms with van der Waals surface area (Å²) in [6.07, 6.45) is -11.1. The molecule has 2 saturated heterocycles. The molecular weight excluding hydrogens is 462 g/mol. The van der Waals surface area contributed by atoms with Gasteiger partial charge >= 0.3 is 26.7 Å². The Bertz CT molecular complexity index is 916. The molecule has 0 unspecified atom stereocenters. The minimum absolute atomic E-state index is 0.239. The first-order valence-corrected chi connectivity index (χ1v) is 10.9. The van der Waals surface area contributed by atoms with E-state index in [0.29, 0.717) is 6.08 Å². The van der Waals surface area contributed by atoms with E-state index in [1.54, 1.807) is 4.72 Å². The van der Waals surface area contributed by atoms with Gasteiger partial charge in [-0.1, -0.05) is 0 Å². The molecule has 18 heteroatoms. The number of aliphatic hydroxyl groups excluding tert-OH is 2. The number of fused-ring (bicyclic) bond motifs is 2. The zero-order chi connectivity index (χ0) is 22.4. The van der Waals surface area contributed by atoms with Crippen LogP contribution < -0.4 is 4.72 Å². The normalized spacial score (nSPS) is 39.3. The number of ether oxygens (including phenoxy) is 4. The van der Waals surface area contributed by atoms with Crippen molar-refractivity contribution in [1.82, 2.24) is 4.72 Å². The Morgan fingerprint density at radius 2 is 1.83 bits per heavy atom. The molecular formula is C12H17NO15S2. The van der Waals surface area contributed by atoms with Crippen LogP contribution in [0.2, 0.25) is 0 Å². The number of rotatable bonds is 7. The van der Waals surface area contributed by atoms with Crippen LogP contribution >= 0.6 is 0 Å². The lowest BCUT2D eigenvalue weighted by molar-refractivity contribution is -0.270. The zero-order valence-corrected chi connectivity index (χ0v) is 16.2. The standard InChI is InChI=1S/C12H17NO15S2/c14-3-1-4(10(16)17)25-12(8(3)28-30(21,22)23)27-9-5-2-24-11(26-5)6(7(9)15)13-29(18,19)20/h1,3,5-9,11-15H,2H2,(H,16,17)(H,18,19,20)(H,21,22,23)/t3-,5+,6+,7+,8+,9+,11+,12-/m0/s1. The molecule has 8 atom stereocenters. The van der Waals surface area contributed by atoms with Crippen molar-refractivity contribution in [2.24, 2.45) is 0 Å². The fourth-order valence-corrected chi connectivity index (χ4v) is 4.20. The fourth-order valence-electron chi connectivity index (χ4n) is 3.12. The highest BCUT2D eigenvalue weighted by atomic mass is 32.3. The minimum atomic E-state index is -5.17. The lowest BCUT2D eigenvalue weighted by atomic mass is 9.99. The molecule has 3 aliphatic rings. The number of carboxylic acids is 1. The monoisotopic (exact) mass is 479 g/mol. The molecule has 2 bridgehead atoms. The Kier molecular flexibility index (Phi) is 6.38. The first kappa shape index (κ1) is 23.2. The first-order chi connectivity index (χ1) is 13.7. The summed E-state index contributed by atoms with van der Waals surface area (Å²) < 4.78 is 89.0. The maximum atomic E-state index is 11.2. The van der Waals surface area contributed by atoms with Crippen molar-refractivity contribution in [2.75, 3.05) is 6.61 Å². The molecule has 172 valence electrons. The maximum absolute atomic E-state index is 11.2. The average molecular weight is 479 g/mol. The lowest BCUT2D eigenvalue weighted by Crippen LogP contribution is -2.62. The van der Waals surface area contributed by atoms with E-state index in [2.05, 4.69) is 4.18 Å². The molecule has 0 aromatic rings. The summed E-state index contributed by atoms with van der Waals surface area (Å²) in [5, 5.41) is 29.6. The number of aliphatic carboxylic acids is 1. The van der Waals surface area contributed by atoms with Gasteiger partial charge in [0.1, 0.15) is 30.5 Å². The predicted octanol–water partition coefficient (Wildman–Crippen LogP) is -3.88. The molecule has 16 nitrogen and oxygen atoms in total. The smallest absolute Gasteiger partial charge is 0.397 e. The molecule has 30 heavy (non-hydrogen) atoms. The molecule has 2 fully saturated rings. The van der Waals surface area contributed by atoms with Crippen molar-refractivity contribution in [1.29, 1.82) is 0 Å². The molecule has 0 aliphatic carbocycles. The molecule has 0 radical (unpaired) electrons. The lowest BCUT2D eigenvalue weighted by Gasteiger charge is -2.41. The Morgan fingerprint density at radius 3 is 2.40 bits per heavy atom. The summed E-state index contributed by atoms with van der Waals surface area (Å²) in [7, 11) is -9.99. The molecule has 0 spiro atoms. The summed E-state index contributed by atoms with van der Waals surface area (Å²) in [6, 6.07) is -1.58. The van der Waals surface area contributed by atoms with Gasteiger partial charge in [0.05, 0.1) is 6.61 Å². The molecule has 0 aromatic heterocycles. The van der Waals surface area contributed by atoms with Crippen LogP contribution in [0.25, 0.3) is 0 Å². The third-order valence-corrected chi connectivity index (χ3v) is 5.32. The van der Waals surface area contributed by atoms with Crippen LogP contribution in [0, 0.1) is 0 Å². The van der Waals surface area contributed by atoms with Gasteiger partial charge in [-0.25, -0.2) is 8.98 Å². The minimum Gasteiger partial charge on any atom is -0.475 e. The summed E-state index contributed by atoms with van der Waals surface area (Å²) >= 11 is 0. The molecule has 3 rings (SSSR count). The van der Waals surface area contributed by atoms with Gasteiger partial charge in [0, 0.05) is 0 Å². The summed E-state index contributed by atoms with van der Waals surface area (Å²) in [5.74, 6) is -2.52. The predicted molar refractivity (Wildman–Crippen MR) is 87.0 cm³/mol. The van der Waals surface area contributed by atoms with Crippen LogP contribution in [0.5, 0.6) is 0 Å². The van der Waals surface area contributed by atoms with Crippen molar-refractivity contribution in [3.8, 4) is 0 Å². The van der Waals surface area contributed by atoms with Gasteiger partial charge in [-0.2, -0.15) is 21.6 Å². The third-order valence-electron chi connectivity index (χ3n) is 4.29. The van der Waals surface area contributed by atoms with E-state index in [4.69, 9.17) is 33.2 Å². The van der Waals surface area contributed by atoms with E-state index >= 15 is 0 Å². The molecule has 0 saturated carbocycles. The first-order valence-electron chi connectivity index (χ1n) is 8.06. The van der Waals surface area contributed by atoms with E-state index in [1.165, 1.54) is 0 Å². The van der Waals surface area contributed by atoms with E-state index in [0.717, 1.165) is 0 Å². The van der Waals surface area contributed by atoms with E-state index in [-0.39, 0.29) is 6.61 Å². The molecule has 6 N–H and O–H groups in total. The second kappa shape index (κ2) is 8.24. The number of hydrogen-bond acceptors (Lipinski definition) is 12. The highest BCUT2D eigenvalue weighted by molar-refractivity contribution is 7.83. The zero-order valence-electron chi connectivity index (χ0n) is 14.5. The van der Waals surface area contributed by atoms with Crippen molar-refractivity contribution < 1.29 is 69.2 Å². The second-order valence-corrected chi connectivity index (χ2v) is 8.62. The van der Waals surface area contributed by atoms with Gasteiger partial charge < -0.3 is 34.3 Å². The Hall–Kier alpha value is -1.45. The van der Waals surface area contributed by atoms with Crippen LogP contribution in [0.3, 0.4) is 0 Å². The Labute approximate surface area is 168 Å². The van der Waals surface area contributed by atoms with E-state index < -0.39 is 81.6 Å². The number of carboxylic acid groups (broad SMARTS) is 1. The molecule has 0 amide bonds. The number of nitrogens with one attached hydrogen (secondary N) is 1. The van der Waals surface area contributed by atoms with Crippen LogP contribution in [0.4, 0.5) is 0 Å². The highest BCUT2D eigenvalue weighted by Gasteiger charge is 2.54. The molecule has 3 heterocycles. The van der Waals surface area contributed by atoms with Gasteiger partial charge in [-0.3, -0.25) is 9.11 Å². The van der Waals surface area contributed by atoms with Gasteiger partial charge in [0.15, 0.2) is 12.4 Å². The van der Waals surface area contributed by atoms with Crippen molar-refractivity contribution >= 4 is 26.7 Å². The van der Waals surface area contributed by atoms with Crippen LogP contribution in [0.15, 0.2) is 11.8 Å². The second-order valence-electron chi connectivity index (χ2n) is 6.39. The number of carbonyl (C=O) groups is 1. The molecule has 3 aliphatic heterocycles. The van der Waals surface area contributed by atoms with E-state index in [9.17, 15) is 31.8 Å². The quantitative estimate of drug-likeness (QED) is 0.191. The molecule has 0 aromatic carbocycles. The van der Waals surface area contributed by atoms with Crippen molar-refractivity contribution in [2.45, 2.75) is 49.1 Å². The largest absolute Gasteiger partial charge is 0.475 e. The van der Waals surface area contributed by atoms with Gasteiger partial charge in [0.25, 0.3) is 0 Å². The Morgan fingerprint density at radius 1 is 1.17 bits per heavy atom. The van der Waals surface area contributed by atoms with Crippen LogP contribution in [-0.4, -0.2) is 103 Å². The SMILES string of the molecule is O=C(O)C1=C[C@H](O)[C@@H](OS(=O)(=O)O)[C@H](O[C@H]2[C@H](O)[C@@H](NS(=O)(=O)O)[C@@H]3OC[C@H]2O3)O1. The topological polar surface area (TPSA) is 245 Å².